The van der Waals surface area contributed by atoms with E-state index >= 15 is 0 Å². The highest BCUT2D eigenvalue weighted by atomic mass is 32.2. The lowest BCUT2D eigenvalue weighted by Gasteiger charge is -2.51. The van der Waals surface area contributed by atoms with Gasteiger partial charge in [-0.25, -0.2) is 12.8 Å². The van der Waals surface area contributed by atoms with Crippen molar-refractivity contribution in [3.8, 4) is 0 Å². The molecule has 1 atom stereocenters. The van der Waals surface area contributed by atoms with Crippen LogP contribution in [0.25, 0.3) is 0 Å². The van der Waals surface area contributed by atoms with Crippen LogP contribution in [-0.2, 0) is 10.1 Å². The van der Waals surface area contributed by atoms with Crippen molar-refractivity contribution in [2.45, 2.75) is 47.0 Å². The smallest absolute Gasteiger partial charge is 0.460 e. The zero-order valence-electron chi connectivity index (χ0n) is 12.1. The van der Waals surface area contributed by atoms with Crippen LogP contribution in [0.1, 0.15) is 0 Å². The molecular weight excluding hydrogens is 499 g/mol. The third-order valence-corrected chi connectivity index (χ3v) is 4.73. The van der Waals surface area contributed by atoms with Gasteiger partial charge in [0.05, 0.1) is 0 Å². The Hall–Kier alpha value is -1.28. The lowest BCUT2D eigenvalue weighted by molar-refractivity contribution is -0.445. The highest BCUT2D eigenvalue weighted by molar-refractivity contribution is 7.87. The number of hydrogen-bond donors (Lipinski definition) is 0. The third-order valence-electron chi connectivity index (χ3n) is 3.23. The fourth-order valence-electron chi connectivity index (χ4n) is 2.00. The van der Waals surface area contributed by atoms with Gasteiger partial charge in [-0.2, -0.15) is 70.2 Å². The average molecular weight is 499 g/mol. The van der Waals surface area contributed by atoms with E-state index in [1.807, 2.05) is 0 Å². The maximum Gasteiger partial charge on any atom is 0.460 e. The van der Waals surface area contributed by atoms with Crippen LogP contribution in [0.2, 0.25) is 0 Å². The molecule has 0 aromatic rings. The first-order chi connectivity index (χ1) is 12.0. The van der Waals surface area contributed by atoms with Gasteiger partial charge in [0.1, 0.15) is 10.1 Å². The van der Waals surface area contributed by atoms with E-state index in [0.717, 1.165) is 0 Å². The van der Waals surface area contributed by atoms with Crippen molar-refractivity contribution in [3.63, 3.8) is 0 Å². The van der Waals surface area contributed by atoms with Gasteiger partial charge in [0, 0.05) is 0 Å². The summed E-state index contributed by atoms with van der Waals surface area (Å²) in [5, 5.41) is 0. The van der Waals surface area contributed by atoms with Crippen LogP contribution in [0.4, 0.5) is 74.6 Å². The first-order valence-electron chi connectivity index (χ1n) is 5.67. The fourth-order valence-corrected chi connectivity index (χ4v) is 3.16. The van der Waals surface area contributed by atoms with Crippen molar-refractivity contribution >= 4 is 10.1 Å². The topological polar surface area (TPSA) is 57.2 Å². The molecule has 1 unspecified atom stereocenters. The standard InChI is InChI=1S/C8HF17O3S/c9-1(5(14,15)16,3(10,11)4(12,13)8(23,24)25)2(6(17,18)19,7(20,21)22)29(26,27)28/h(H,26,27,28)/p-1. The lowest BCUT2D eigenvalue weighted by Crippen LogP contribution is -2.84. The van der Waals surface area contributed by atoms with Gasteiger partial charge in [-0.1, -0.05) is 0 Å². The minimum atomic E-state index is -9.41. The Balaban J connectivity index is 8.15. The van der Waals surface area contributed by atoms with Crippen molar-refractivity contribution < 1.29 is 87.6 Å². The van der Waals surface area contributed by atoms with Crippen LogP contribution >= 0.6 is 0 Å². The van der Waals surface area contributed by atoms with E-state index in [-0.39, 0.29) is 0 Å². The van der Waals surface area contributed by atoms with Gasteiger partial charge < -0.3 is 4.55 Å². The van der Waals surface area contributed by atoms with E-state index in [4.69, 9.17) is 0 Å². The Morgan fingerprint density at radius 3 is 0.862 bits per heavy atom. The molecule has 0 saturated carbocycles. The average Bonchev–Trinajstić information content (AvgIpc) is 2.29. The number of alkyl halides is 17. The van der Waals surface area contributed by atoms with Crippen molar-refractivity contribution in [1.29, 1.82) is 0 Å². The number of halogens is 17. The predicted octanol–water partition coefficient (Wildman–Crippen LogP) is 4.50. The second-order valence-corrected chi connectivity index (χ2v) is 6.45. The maximum absolute atomic E-state index is 14.0. The Morgan fingerprint density at radius 1 is 0.448 bits per heavy atom. The normalized spacial score (nSPS) is 18.6. The summed E-state index contributed by atoms with van der Waals surface area (Å²) in [5.74, 6) is -17.9. The Morgan fingerprint density at radius 2 is 0.724 bits per heavy atom. The molecule has 0 amide bonds. The van der Waals surface area contributed by atoms with Gasteiger partial charge in [0.15, 0.2) is 0 Å². The molecule has 0 aromatic heterocycles. The summed E-state index contributed by atoms with van der Waals surface area (Å²) in [6, 6.07) is 0. The highest BCUT2D eigenvalue weighted by Crippen LogP contribution is 2.68. The van der Waals surface area contributed by atoms with Crippen molar-refractivity contribution in [3.05, 3.63) is 0 Å². The van der Waals surface area contributed by atoms with Gasteiger partial charge in [-0.05, 0) is 0 Å². The molecule has 0 aliphatic heterocycles. The van der Waals surface area contributed by atoms with E-state index < -0.39 is 57.1 Å². The molecule has 0 bridgehead atoms. The number of hydrogen-bond acceptors (Lipinski definition) is 3. The Bertz CT molecular complexity index is 708. The summed E-state index contributed by atoms with van der Waals surface area (Å²) in [7, 11) is -9.25. The van der Waals surface area contributed by atoms with Crippen LogP contribution < -0.4 is 0 Å². The quantitative estimate of drug-likeness (QED) is 0.423. The van der Waals surface area contributed by atoms with Gasteiger partial charge in [-0.3, -0.25) is 0 Å². The molecule has 0 spiro atoms. The van der Waals surface area contributed by atoms with E-state index in [9.17, 15) is 87.6 Å². The first-order valence-corrected chi connectivity index (χ1v) is 7.08. The van der Waals surface area contributed by atoms with E-state index in [0.29, 0.717) is 0 Å². The van der Waals surface area contributed by atoms with E-state index in [1.165, 1.54) is 0 Å². The summed E-state index contributed by atoms with van der Waals surface area (Å²) < 4.78 is 239. The molecule has 0 fully saturated rings. The molecule has 21 heteroatoms. The molecule has 0 aliphatic carbocycles. The summed E-state index contributed by atoms with van der Waals surface area (Å²) >= 11 is 0. The number of rotatable bonds is 4. The van der Waals surface area contributed by atoms with E-state index in [1.54, 1.807) is 0 Å². The molecule has 0 rings (SSSR count). The maximum atomic E-state index is 14.0. The largest absolute Gasteiger partial charge is 0.747 e. The molecule has 0 aromatic carbocycles. The zero-order chi connectivity index (χ0) is 24.5. The summed E-state index contributed by atoms with van der Waals surface area (Å²) in [4.78, 5) is 0. The summed E-state index contributed by atoms with van der Waals surface area (Å²) in [5.41, 5.74) is -9.41. The Labute approximate surface area is 146 Å². The molecule has 0 N–H and O–H groups in total. The molecule has 0 saturated heterocycles. The third kappa shape index (κ3) is 3.26. The van der Waals surface area contributed by atoms with Crippen LogP contribution in [0.15, 0.2) is 0 Å². The molecule has 0 radical (unpaired) electrons. The van der Waals surface area contributed by atoms with Gasteiger partial charge in [-0.15, -0.1) is 0 Å². The van der Waals surface area contributed by atoms with Crippen LogP contribution in [-0.4, -0.2) is 59.9 Å². The van der Waals surface area contributed by atoms with Gasteiger partial charge in [0.25, 0.3) is 4.75 Å². The van der Waals surface area contributed by atoms with Gasteiger partial charge in [0.2, 0.25) is 0 Å². The summed E-state index contributed by atoms with van der Waals surface area (Å²) in [6.45, 7) is 0. The van der Waals surface area contributed by atoms with Crippen molar-refractivity contribution in [1.82, 2.24) is 0 Å². The molecule has 0 aliphatic rings. The Kier molecular flexibility index (Phi) is 6.08. The SMILES string of the molecule is O=S(=O)([O-])C(C(F)(F)F)(C(F)(F)F)C(F)(C(F)(F)F)C(F)(F)C(F)(F)C(F)(F)F. The van der Waals surface area contributed by atoms with Crippen molar-refractivity contribution in [2.24, 2.45) is 0 Å². The van der Waals surface area contributed by atoms with Crippen LogP contribution in [0, 0.1) is 0 Å². The molecule has 176 valence electrons. The summed E-state index contributed by atoms with van der Waals surface area (Å²) in [6.07, 6.45) is -34.3. The molecular formula is C8F17O3S-. The molecule has 3 nitrogen and oxygen atoms in total. The molecule has 29 heavy (non-hydrogen) atoms. The highest BCUT2D eigenvalue weighted by Gasteiger charge is 3.01. The van der Waals surface area contributed by atoms with Crippen LogP contribution in [0.5, 0.6) is 0 Å². The zero-order valence-corrected chi connectivity index (χ0v) is 12.9. The van der Waals surface area contributed by atoms with Crippen LogP contribution in [0.3, 0.4) is 0 Å². The second kappa shape index (κ2) is 6.36. The fraction of sp³-hybridized carbons (Fsp3) is 1.00. The van der Waals surface area contributed by atoms with E-state index in [2.05, 4.69) is 0 Å². The van der Waals surface area contributed by atoms with Crippen molar-refractivity contribution in [2.75, 3.05) is 0 Å². The minimum Gasteiger partial charge on any atom is -0.747 e. The monoisotopic (exact) mass is 499 g/mol. The molecule has 0 heterocycles. The first kappa shape index (κ1) is 27.7. The lowest BCUT2D eigenvalue weighted by atomic mass is 9.77. The van der Waals surface area contributed by atoms with Gasteiger partial charge >= 0.3 is 42.2 Å². The predicted molar refractivity (Wildman–Crippen MR) is 50.4 cm³/mol. The minimum absolute atomic E-state index is 8.16. The second-order valence-electron chi connectivity index (χ2n) is 4.93.